The third-order valence-corrected chi connectivity index (χ3v) is 9.85. The Hall–Kier alpha value is -4.73. The summed E-state index contributed by atoms with van der Waals surface area (Å²) in [6, 6.07) is 27.2. The highest BCUT2D eigenvalue weighted by molar-refractivity contribution is 7.12. The predicted molar refractivity (Wildman–Crippen MR) is 195 cm³/mol. The molecule has 9 heteroatoms. The first-order valence-electron chi connectivity index (χ1n) is 16.4. The van der Waals surface area contributed by atoms with Crippen LogP contribution in [0.25, 0.3) is 16.8 Å². The molecule has 1 fully saturated rings. The smallest absolute Gasteiger partial charge is 0.324 e. The van der Waals surface area contributed by atoms with E-state index in [1.54, 1.807) is 11.8 Å². The molecule has 1 atom stereocenters. The van der Waals surface area contributed by atoms with E-state index < -0.39 is 0 Å². The Morgan fingerprint density at radius 2 is 1.67 bits per heavy atom. The maximum atomic E-state index is 14.3. The molecule has 2 aromatic heterocycles. The molecule has 48 heavy (non-hydrogen) atoms. The Morgan fingerprint density at radius 1 is 0.938 bits per heavy atom. The third kappa shape index (κ3) is 7.53. The number of rotatable bonds is 9. The molecule has 2 amide bonds. The van der Waals surface area contributed by atoms with Gasteiger partial charge in [0.05, 0.1) is 29.3 Å². The lowest BCUT2D eigenvalue weighted by Gasteiger charge is -2.30. The minimum Gasteiger partial charge on any atom is -0.497 e. The van der Waals surface area contributed by atoms with Gasteiger partial charge in [0, 0.05) is 17.2 Å². The highest BCUT2D eigenvalue weighted by Crippen LogP contribution is 2.38. The number of anilines is 2. The normalized spacial score (nSPS) is 14.4. The number of aromatic nitrogens is 2. The van der Waals surface area contributed by atoms with Crippen LogP contribution in [0, 0.1) is 12.8 Å². The van der Waals surface area contributed by atoms with E-state index in [0.29, 0.717) is 11.5 Å². The highest BCUT2D eigenvalue weighted by atomic mass is 32.1. The number of nitrogens with one attached hydrogen (secondary N) is 3. The molecule has 3 N–H and O–H groups in total. The molecule has 1 aliphatic heterocycles. The van der Waals surface area contributed by atoms with Gasteiger partial charge in [-0.1, -0.05) is 62.7 Å². The fraction of sp³-hybridized carbons (Fsp3) is 0.308. The van der Waals surface area contributed by atoms with Crippen molar-refractivity contribution in [1.29, 1.82) is 0 Å². The van der Waals surface area contributed by atoms with Crippen molar-refractivity contribution in [3.05, 3.63) is 112 Å². The van der Waals surface area contributed by atoms with Gasteiger partial charge in [0.25, 0.3) is 0 Å². The van der Waals surface area contributed by atoms with Crippen LogP contribution >= 0.6 is 11.3 Å². The molecule has 3 aromatic carbocycles. The van der Waals surface area contributed by atoms with E-state index in [0.717, 1.165) is 70.2 Å². The second kappa shape index (κ2) is 14.2. The number of hydrogen-bond acceptors (Lipinski definition) is 6. The van der Waals surface area contributed by atoms with Gasteiger partial charge >= 0.3 is 6.03 Å². The number of urea groups is 1. The van der Waals surface area contributed by atoms with Crippen LogP contribution in [0.1, 0.15) is 66.0 Å². The van der Waals surface area contributed by atoms with Crippen molar-refractivity contribution in [3.63, 3.8) is 0 Å². The minimum atomic E-state index is -0.381. The van der Waals surface area contributed by atoms with Crippen LogP contribution in [0.3, 0.4) is 0 Å². The molecule has 5 aromatic rings. The van der Waals surface area contributed by atoms with Gasteiger partial charge in [0.1, 0.15) is 11.6 Å². The molecule has 8 nitrogen and oxygen atoms in total. The number of thiophene rings is 1. The lowest BCUT2D eigenvalue weighted by molar-refractivity contribution is 0.0920. The number of amides is 2. The summed E-state index contributed by atoms with van der Waals surface area (Å²) in [5.41, 5.74) is 6.26. The standard InChI is InChI=1S/C39H43N5O3S/c1-25-9-13-31(14-10-25)44-35(23-34(43-44)39(2,3)4)42-38(46)41-30-8-6-7-28(21-30)36(27-17-19-40-20-18-27)37(45)33-22-29(24-48-33)26-11-15-32(47-5)16-12-26/h6-16,21-24,27,36,40H,17-20H2,1-5H3,(H2,41,42,46). The van der Waals surface area contributed by atoms with E-state index in [2.05, 4.69) is 36.7 Å². The number of carbonyl (C=O) groups excluding carboxylic acids is 2. The number of ketones is 1. The van der Waals surface area contributed by atoms with Crippen molar-refractivity contribution in [2.75, 3.05) is 30.8 Å². The Kier molecular flexibility index (Phi) is 9.80. The van der Waals surface area contributed by atoms with Gasteiger partial charge in [0.15, 0.2) is 5.78 Å². The number of hydrogen-bond donors (Lipinski definition) is 3. The van der Waals surface area contributed by atoms with E-state index in [1.807, 2.05) is 97.2 Å². The average Bonchev–Trinajstić information content (AvgIpc) is 3.75. The average molecular weight is 662 g/mol. The van der Waals surface area contributed by atoms with Crippen molar-refractivity contribution < 1.29 is 14.3 Å². The molecule has 1 unspecified atom stereocenters. The summed E-state index contributed by atoms with van der Waals surface area (Å²) >= 11 is 1.48. The first-order valence-corrected chi connectivity index (χ1v) is 17.3. The Bertz CT molecular complexity index is 1880. The molecule has 0 aliphatic carbocycles. The number of methoxy groups -OCH3 is 1. The third-order valence-electron chi connectivity index (χ3n) is 8.90. The molecule has 248 valence electrons. The summed E-state index contributed by atoms with van der Waals surface area (Å²) in [5, 5.41) is 16.3. The Balaban J connectivity index is 1.24. The summed E-state index contributed by atoms with van der Waals surface area (Å²) in [7, 11) is 1.65. The minimum absolute atomic E-state index is 0.116. The highest BCUT2D eigenvalue weighted by Gasteiger charge is 2.33. The summed E-state index contributed by atoms with van der Waals surface area (Å²) in [6.45, 7) is 10.1. The molecule has 3 heterocycles. The fourth-order valence-electron chi connectivity index (χ4n) is 6.18. The lowest BCUT2D eigenvalue weighted by atomic mass is 9.77. The van der Waals surface area contributed by atoms with Crippen LogP contribution in [0.5, 0.6) is 5.75 Å². The fourth-order valence-corrected chi connectivity index (χ4v) is 7.07. The molecule has 0 radical (unpaired) electrons. The van der Waals surface area contributed by atoms with Gasteiger partial charge in [-0.25, -0.2) is 9.48 Å². The number of piperidine rings is 1. The van der Waals surface area contributed by atoms with E-state index in [9.17, 15) is 9.59 Å². The molecular formula is C39H43N5O3S. The summed E-state index contributed by atoms with van der Waals surface area (Å²) in [6.07, 6.45) is 1.81. The number of benzene rings is 3. The van der Waals surface area contributed by atoms with E-state index in [-0.39, 0.29) is 29.1 Å². The molecule has 6 rings (SSSR count). The van der Waals surface area contributed by atoms with Crippen molar-refractivity contribution in [3.8, 4) is 22.6 Å². The number of ether oxygens (including phenoxy) is 1. The van der Waals surface area contributed by atoms with E-state index >= 15 is 0 Å². The molecule has 0 bridgehead atoms. The van der Waals surface area contributed by atoms with Crippen molar-refractivity contribution in [2.24, 2.45) is 5.92 Å². The predicted octanol–water partition coefficient (Wildman–Crippen LogP) is 8.83. The summed E-state index contributed by atoms with van der Waals surface area (Å²) in [4.78, 5) is 28.5. The summed E-state index contributed by atoms with van der Waals surface area (Å²) < 4.78 is 7.08. The quantitative estimate of drug-likeness (QED) is 0.137. The van der Waals surface area contributed by atoms with Gasteiger partial charge < -0.3 is 15.4 Å². The van der Waals surface area contributed by atoms with E-state index in [4.69, 9.17) is 9.84 Å². The van der Waals surface area contributed by atoms with Crippen molar-refractivity contribution >= 4 is 34.7 Å². The van der Waals surface area contributed by atoms with Crippen LogP contribution in [0.2, 0.25) is 0 Å². The summed E-state index contributed by atoms with van der Waals surface area (Å²) in [5.74, 6) is 1.35. The number of carbonyl (C=O) groups is 2. The Morgan fingerprint density at radius 3 is 2.35 bits per heavy atom. The number of Topliss-reactive ketones (excluding diaryl/α,β-unsaturated/α-hetero) is 1. The largest absolute Gasteiger partial charge is 0.497 e. The van der Waals surface area contributed by atoms with Gasteiger partial charge in [-0.15, -0.1) is 11.3 Å². The van der Waals surface area contributed by atoms with E-state index in [1.165, 1.54) is 11.3 Å². The monoisotopic (exact) mass is 661 g/mol. The maximum absolute atomic E-state index is 14.3. The van der Waals surface area contributed by atoms with Crippen LogP contribution in [0.15, 0.2) is 90.3 Å². The van der Waals surface area contributed by atoms with Gasteiger partial charge in [-0.3, -0.25) is 10.1 Å². The van der Waals surface area contributed by atoms with Crippen LogP contribution in [-0.2, 0) is 5.41 Å². The SMILES string of the molecule is COc1ccc(-c2csc(C(=O)C(c3cccc(NC(=O)Nc4cc(C(C)(C)C)nn4-c4ccc(C)cc4)c3)C3CCNCC3)c2)cc1. The maximum Gasteiger partial charge on any atom is 0.324 e. The van der Waals surface area contributed by atoms with Crippen LogP contribution < -0.4 is 20.7 Å². The van der Waals surface area contributed by atoms with Crippen molar-refractivity contribution in [2.45, 2.75) is 51.9 Å². The molecule has 0 saturated carbocycles. The first kappa shape index (κ1) is 33.2. The van der Waals surface area contributed by atoms with Crippen molar-refractivity contribution in [1.82, 2.24) is 15.1 Å². The van der Waals surface area contributed by atoms with Gasteiger partial charge in [-0.05, 0) is 103 Å². The Labute approximate surface area is 286 Å². The first-order chi connectivity index (χ1) is 23.1. The zero-order chi connectivity index (χ0) is 33.8. The number of nitrogens with zero attached hydrogens (tertiary/aromatic N) is 2. The second-order valence-electron chi connectivity index (χ2n) is 13.5. The van der Waals surface area contributed by atoms with Gasteiger partial charge in [-0.2, -0.15) is 5.10 Å². The molecular weight excluding hydrogens is 619 g/mol. The zero-order valence-electron chi connectivity index (χ0n) is 28.2. The van der Waals surface area contributed by atoms with Crippen LogP contribution in [0.4, 0.5) is 16.3 Å². The van der Waals surface area contributed by atoms with Crippen LogP contribution in [-0.4, -0.2) is 41.8 Å². The number of aryl methyl sites for hydroxylation is 1. The molecule has 1 aliphatic rings. The molecule has 1 saturated heterocycles. The van der Waals surface area contributed by atoms with Gasteiger partial charge in [0.2, 0.25) is 0 Å². The molecule has 0 spiro atoms. The second-order valence-corrected chi connectivity index (χ2v) is 14.4. The zero-order valence-corrected chi connectivity index (χ0v) is 29.0. The lowest BCUT2D eigenvalue weighted by Crippen LogP contribution is -2.33. The topological polar surface area (TPSA) is 97.3 Å².